The second kappa shape index (κ2) is 7.13. The average molecular weight is 350 g/mol. The lowest BCUT2D eigenvalue weighted by molar-refractivity contribution is 0.284. The summed E-state index contributed by atoms with van der Waals surface area (Å²) in [6, 6.07) is 11.7. The van der Waals surface area contributed by atoms with E-state index in [0.717, 1.165) is 10.0 Å². The van der Waals surface area contributed by atoms with Crippen LogP contribution in [0.4, 0.5) is 0 Å². The Hall–Kier alpha value is -2.01. The molecule has 0 saturated heterocycles. The van der Waals surface area contributed by atoms with Gasteiger partial charge in [-0.3, -0.25) is 0 Å². The molecule has 2 aromatic carbocycles. The molecule has 2 aromatic rings. The normalized spacial score (nSPS) is 10.8. The molecule has 0 aromatic heterocycles. The molecule has 0 radical (unpaired) electrons. The third-order valence-corrected chi connectivity index (χ3v) is 3.68. The maximum Gasteiger partial charge on any atom is 0.162 e. The van der Waals surface area contributed by atoms with Crippen LogP contribution in [0.2, 0.25) is 0 Å². The van der Waals surface area contributed by atoms with E-state index < -0.39 is 0 Å². The highest BCUT2D eigenvalue weighted by Gasteiger charge is 2.09. The number of hydrogen-bond acceptors (Lipinski definition) is 4. The number of methoxy groups -OCH3 is 1. The van der Waals surface area contributed by atoms with Crippen LogP contribution < -0.4 is 9.47 Å². The van der Waals surface area contributed by atoms with Gasteiger partial charge < -0.3 is 14.7 Å². The minimum absolute atomic E-state index is 0.455. The summed E-state index contributed by atoms with van der Waals surface area (Å²) in [5.74, 6) is 1.21. The van der Waals surface area contributed by atoms with Gasteiger partial charge in [0, 0.05) is 10.0 Å². The minimum atomic E-state index is 0.455. The number of oxime groups is 1. The summed E-state index contributed by atoms with van der Waals surface area (Å²) in [6.07, 6.45) is 1.33. The van der Waals surface area contributed by atoms with Gasteiger partial charge in [-0.2, -0.15) is 0 Å². The van der Waals surface area contributed by atoms with Crippen molar-refractivity contribution in [2.75, 3.05) is 7.11 Å². The van der Waals surface area contributed by atoms with Crippen LogP contribution in [0.15, 0.2) is 46.0 Å². The third kappa shape index (κ3) is 3.98. The van der Waals surface area contributed by atoms with Crippen LogP contribution in [-0.2, 0) is 6.61 Å². The maximum atomic E-state index is 8.63. The van der Waals surface area contributed by atoms with Crippen LogP contribution in [0.3, 0.4) is 0 Å². The number of aryl methyl sites for hydroxylation is 1. The number of nitrogens with zero attached hydrogens (tertiary/aromatic N) is 1. The Bertz CT molecular complexity index is 639. The summed E-state index contributed by atoms with van der Waals surface area (Å²) in [5, 5.41) is 11.7. The molecule has 2 rings (SSSR count). The van der Waals surface area contributed by atoms with Crippen molar-refractivity contribution in [3.05, 3.63) is 57.6 Å². The van der Waals surface area contributed by atoms with Gasteiger partial charge in [0.15, 0.2) is 11.5 Å². The van der Waals surface area contributed by atoms with Crippen LogP contribution in [0.1, 0.15) is 16.7 Å². The predicted octanol–water partition coefficient (Wildman–Crippen LogP) is 4.15. The molecular formula is C16H16BrNO3. The monoisotopic (exact) mass is 349 g/mol. The zero-order valence-corrected chi connectivity index (χ0v) is 13.4. The van der Waals surface area contributed by atoms with Gasteiger partial charge in [-0.05, 0) is 40.5 Å². The van der Waals surface area contributed by atoms with Gasteiger partial charge >= 0.3 is 0 Å². The lowest BCUT2D eigenvalue weighted by atomic mass is 10.2. The van der Waals surface area contributed by atoms with Crippen LogP contribution in [0.25, 0.3) is 0 Å². The van der Waals surface area contributed by atoms with Gasteiger partial charge in [0.25, 0.3) is 0 Å². The fourth-order valence-corrected chi connectivity index (χ4v) is 2.25. The van der Waals surface area contributed by atoms with Gasteiger partial charge in [-0.1, -0.05) is 35.0 Å². The Labute approximate surface area is 132 Å². The van der Waals surface area contributed by atoms with Crippen LogP contribution in [0.5, 0.6) is 11.5 Å². The largest absolute Gasteiger partial charge is 0.493 e. The van der Waals surface area contributed by atoms with Crippen molar-refractivity contribution in [2.45, 2.75) is 13.5 Å². The van der Waals surface area contributed by atoms with E-state index in [1.54, 1.807) is 19.2 Å². The van der Waals surface area contributed by atoms with Crippen LogP contribution in [0, 0.1) is 6.92 Å². The van der Waals surface area contributed by atoms with Gasteiger partial charge in [0.1, 0.15) is 6.61 Å². The first kappa shape index (κ1) is 15.4. The molecular weight excluding hydrogens is 334 g/mol. The van der Waals surface area contributed by atoms with Crippen LogP contribution >= 0.6 is 15.9 Å². The summed E-state index contributed by atoms with van der Waals surface area (Å²) in [6.45, 7) is 2.50. The summed E-state index contributed by atoms with van der Waals surface area (Å²) < 4.78 is 11.9. The molecule has 0 aliphatic carbocycles. The number of benzene rings is 2. The van der Waals surface area contributed by atoms with Crippen LogP contribution in [-0.4, -0.2) is 18.5 Å². The van der Waals surface area contributed by atoms with Crippen molar-refractivity contribution in [1.82, 2.24) is 0 Å². The molecule has 0 aliphatic rings. The summed E-state index contributed by atoms with van der Waals surface area (Å²) in [4.78, 5) is 0. The average Bonchev–Trinajstić information content (AvgIpc) is 2.49. The van der Waals surface area contributed by atoms with Gasteiger partial charge in [-0.25, -0.2) is 0 Å². The van der Waals surface area contributed by atoms with Crippen molar-refractivity contribution in [3.63, 3.8) is 0 Å². The molecule has 0 saturated carbocycles. The second-order valence-corrected chi connectivity index (χ2v) is 5.40. The van der Waals surface area contributed by atoms with E-state index in [1.807, 2.05) is 31.2 Å². The SMILES string of the molecule is COc1cc(/C=N\O)c(Br)cc1OCc1ccc(C)cc1. The zero-order valence-electron chi connectivity index (χ0n) is 11.8. The molecule has 21 heavy (non-hydrogen) atoms. The predicted molar refractivity (Wildman–Crippen MR) is 85.6 cm³/mol. The Morgan fingerprint density at radius 2 is 1.90 bits per heavy atom. The molecule has 0 heterocycles. The smallest absolute Gasteiger partial charge is 0.162 e. The molecule has 0 fully saturated rings. The molecule has 0 spiro atoms. The summed E-state index contributed by atoms with van der Waals surface area (Å²) >= 11 is 3.41. The van der Waals surface area contributed by atoms with Crippen molar-refractivity contribution in [1.29, 1.82) is 0 Å². The lowest BCUT2D eigenvalue weighted by Gasteiger charge is -2.12. The zero-order chi connectivity index (χ0) is 15.2. The van der Waals surface area contributed by atoms with Crippen molar-refractivity contribution in [3.8, 4) is 11.5 Å². The fourth-order valence-electron chi connectivity index (χ4n) is 1.83. The van der Waals surface area contributed by atoms with E-state index >= 15 is 0 Å². The summed E-state index contributed by atoms with van der Waals surface area (Å²) in [7, 11) is 1.57. The standard InChI is InChI=1S/C16H16BrNO3/c1-11-3-5-12(6-4-11)10-21-16-8-14(17)13(9-18-19)7-15(16)20-2/h3-9,19H,10H2,1-2H3/b18-9-. The first-order valence-electron chi connectivity index (χ1n) is 6.37. The van der Waals surface area contributed by atoms with Gasteiger partial charge in [0.2, 0.25) is 0 Å². The highest BCUT2D eigenvalue weighted by Crippen LogP contribution is 2.33. The first-order valence-corrected chi connectivity index (χ1v) is 7.16. The molecule has 4 nitrogen and oxygen atoms in total. The molecule has 5 heteroatoms. The summed E-state index contributed by atoms with van der Waals surface area (Å²) in [5.41, 5.74) is 3.00. The molecule has 1 N–H and O–H groups in total. The second-order valence-electron chi connectivity index (χ2n) is 4.54. The molecule has 0 unspecified atom stereocenters. The van der Waals surface area contributed by atoms with E-state index in [2.05, 4.69) is 21.1 Å². The topological polar surface area (TPSA) is 51.0 Å². The Kier molecular flexibility index (Phi) is 5.22. The van der Waals surface area contributed by atoms with Crippen molar-refractivity contribution in [2.24, 2.45) is 5.16 Å². The minimum Gasteiger partial charge on any atom is -0.493 e. The Balaban J connectivity index is 2.19. The van der Waals surface area contributed by atoms with Crippen molar-refractivity contribution < 1.29 is 14.7 Å². The molecule has 0 bridgehead atoms. The van der Waals surface area contributed by atoms with Gasteiger partial charge in [0.05, 0.1) is 13.3 Å². The van der Waals surface area contributed by atoms with E-state index in [-0.39, 0.29) is 0 Å². The van der Waals surface area contributed by atoms with Gasteiger partial charge in [-0.15, -0.1) is 0 Å². The molecule has 0 aliphatic heterocycles. The quantitative estimate of drug-likeness (QED) is 0.501. The highest BCUT2D eigenvalue weighted by atomic mass is 79.9. The molecule has 0 amide bonds. The highest BCUT2D eigenvalue weighted by molar-refractivity contribution is 9.10. The molecule has 110 valence electrons. The lowest BCUT2D eigenvalue weighted by Crippen LogP contribution is -1.99. The van der Waals surface area contributed by atoms with E-state index in [4.69, 9.17) is 14.7 Å². The molecule has 0 atom stereocenters. The maximum absolute atomic E-state index is 8.63. The van der Waals surface area contributed by atoms with E-state index in [9.17, 15) is 0 Å². The number of ether oxygens (including phenoxy) is 2. The van der Waals surface area contributed by atoms with E-state index in [0.29, 0.717) is 23.7 Å². The number of hydrogen-bond donors (Lipinski definition) is 1. The number of halogens is 1. The number of rotatable bonds is 5. The Morgan fingerprint density at radius 3 is 2.52 bits per heavy atom. The Morgan fingerprint density at radius 1 is 1.19 bits per heavy atom. The van der Waals surface area contributed by atoms with Crippen molar-refractivity contribution >= 4 is 22.1 Å². The third-order valence-electron chi connectivity index (χ3n) is 2.99. The first-order chi connectivity index (χ1) is 10.1. The van der Waals surface area contributed by atoms with E-state index in [1.165, 1.54) is 11.8 Å². The fraction of sp³-hybridized carbons (Fsp3) is 0.188.